The van der Waals surface area contributed by atoms with Gasteiger partial charge in [0.25, 0.3) is 5.91 Å². The molecule has 1 aliphatic rings. The molecule has 2 aromatic rings. The number of ether oxygens (including phenoxy) is 3. The maximum atomic E-state index is 13.1. The molecule has 0 N–H and O–H groups in total. The second-order valence-electron chi connectivity index (χ2n) is 6.69. The Morgan fingerprint density at radius 3 is 2.21 bits per heavy atom. The average Bonchev–Trinajstić information content (AvgIpc) is 2.74. The number of hydrogen-bond donors (Lipinski definition) is 0. The Balaban J connectivity index is 1.69. The molecule has 0 atom stereocenters. The largest absolute Gasteiger partial charge is 0.493 e. The summed E-state index contributed by atoms with van der Waals surface area (Å²) in [6.07, 6.45) is 0. The van der Waals surface area contributed by atoms with Crippen molar-refractivity contribution in [3.63, 3.8) is 0 Å². The minimum absolute atomic E-state index is 0.0908. The monoisotopic (exact) mass is 438 g/mol. The number of rotatable bonds is 6. The SMILES string of the molecule is COc1ccc(C(=O)N2CCN(Cc3ccc(Cl)cc3Cl)CC2)c(OC)c1OC. The third kappa shape index (κ3) is 4.71. The van der Waals surface area contributed by atoms with Gasteiger partial charge in [0.2, 0.25) is 5.75 Å². The summed E-state index contributed by atoms with van der Waals surface area (Å²) >= 11 is 12.3. The van der Waals surface area contributed by atoms with Crippen LogP contribution in [0.3, 0.4) is 0 Å². The van der Waals surface area contributed by atoms with E-state index < -0.39 is 0 Å². The molecule has 2 aromatic carbocycles. The Bertz CT molecular complexity index is 883. The zero-order chi connectivity index (χ0) is 21.0. The smallest absolute Gasteiger partial charge is 0.257 e. The van der Waals surface area contributed by atoms with Crippen LogP contribution in [-0.2, 0) is 6.54 Å². The van der Waals surface area contributed by atoms with E-state index in [9.17, 15) is 4.79 Å². The first-order chi connectivity index (χ1) is 14.0. The predicted octanol–water partition coefficient (Wildman–Crippen LogP) is 3.98. The van der Waals surface area contributed by atoms with Crippen LogP contribution in [0.25, 0.3) is 0 Å². The number of carbonyl (C=O) groups excluding carboxylic acids is 1. The highest BCUT2D eigenvalue weighted by atomic mass is 35.5. The van der Waals surface area contributed by atoms with Gasteiger partial charge in [-0.2, -0.15) is 0 Å². The van der Waals surface area contributed by atoms with Gasteiger partial charge in [0.15, 0.2) is 11.5 Å². The number of carbonyl (C=O) groups is 1. The van der Waals surface area contributed by atoms with Crippen LogP contribution in [0, 0.1) is 0 Å². The van der Waals surface area contributed by atoms with Crippen molar-refractivity contribution >= 4 is 29.1 Å². The number of methoxy groups -OCH3 is 3. The first-order valence-corrected chi connectivity index (χ1v) is 9.98. The first-order valence-electron chi connectivity index (χ1n) is 9.23. The van der Waals surface area contributed by atoms with Crippen LogP contribution in [0.5, 0.6) is 17.2 Å². The summed E-state index contributed by atoms with van der Waals surface area (Å²) in [4.78, 5) is 17.2. The van der Waals surface area contributed by atoms with E-state index in [1.807, 2.05) is 17.0 Å². The van der Waals surface area contributed by atoms with E-state index in [0.717, 1.165) is 25.2 Å². The number of nitrogens with zero attached hydrogens (tertiary/aromatic N) is 2. The zero-order valence-electron chi connectivity index (χ0n) is 16.7. The van der Waals surface area contributed by atoms with E-state index in [-0.39, 0.29) is 5.91 Å². The molecule has 1 fully saturated rings. The molecule has 0 aromatic heterocycles. The lowest BCUT2D eigenvalue weighted by Gasteiger charge is -2.35. The topological polar surface area (TPSA) is 51.2 Å². The Morgan fingerprint density at radius 2 is 1.62 bits per heavy atom. The van der Waals surface area contributed by atoms with Gasteiger partial charge in [-0.15, -0.1) is 0 Å². The van der Waals surface area contributed by atoms with Crippen molar-refractivity contribution in [2.45, 2.75) is 6.54 Å². The quantitative estimate of drug-likeness (QED) is 0.682. The molecule has 1 saturated heterocycles. The van der Waals surface area contributed by atoms with Gasteiger partial charge in [0.05, 0.1) is 26.9 Å². The third-order valence-corrected chi connectivity index (χ3v) is 5.59. The van der Waals surface area contributed by atoms with Gasteiger partial charge >= 0.3 is 0 Å². The van der Waals surface area contributed by atoms with Gasteiger partial charge in [0.1, 0.15) is 0 Å². The third-order valence-electron chi connectivity index (χ3n) is 5.00. The molecule has 0 bridgehead atoms. The van der Waals surface area contributed by atoms with E-state index in [4.69, 9.17) is 37.4 Å². The fourth-order valence-corrected chi connectivity index (χ4v) is 3.91. The lowest BCUT2D eigenvalue weighted by molar-refractivity contribution is 0.0624. The second-order valence-corrected chi connectivity index (χ2v) is 7.53. The van der Waals surface area contributed by atoms with Crippen LogP contribution in [0.1, 0.15) is 15.9 Å². The minimum atomic E-state index is -0.0908. The zero-order valence-corrected chi connectivity index (χ0v) is 18.2. The summed E-state index contributed by atoms with van der Waals surface area (Å²) in [6.45, 7) is 3.45. The molecule has 3 rings (SSSR count). The first kappa shape index (κ1) is 21.6. The van der Waals surface area contributed by atoms with Crippen LogP contribution in [0.4, 0.5) is 0 Å². The van der Waals surface area contributed by atoms with E-state index >= 15 is 0 Å². The maximum Gasteiger partial charge on any atom is 0.257 e. The van der Waals surface area contributed by atoms with Crippen molar-refractivity contribution in [2.75, 3.05) is 47.5 Å². The molecule has 156 valence electrons. The van der Waals surface area contributed by atoms with E-state index in [1.54, 1.807) is 25.3 Å². The lowest BCUT2D eigenvalue weighted by atomic mass is 10.1. The van der Waals surface area contributed by atoms with Crippen LogP contribution >= 0.6 is 23.2 Å². The van der Waals surface area contributed by atoms with Gasteiger partial charge in [0, 0.05) is 42.8 Å². The predicted molar refractivity (Wildman–Crippen MR) is 114 cm³/mol. The highest BCUT2D eigenvalue weighted by Crippen LogP contribution is 2.40. The summed E-state index contributed by atoms with van der Waals surface area (Å²) in [7, 11) is 4.59. The van der Waals surface area contributed by atoms with E-state index in [0.29, 0.717) is 45.9 Å². The number of halogens is 2. The van der Waals surface area contributed by atoms with Crippen molar-refractivity contribution in [1.29, 1.82) is 0 Å². The molecule has 1 amide bonds. The molecule has 0 spiro atoms. The van der Waals surface area contributed by atoms with Gasteiger partial charge in [-0.05, 0) is 29.8 Å². The van der Waals surface area contributed by atoms with Crippen LogP contribution in [-0.4, -0.2) is 63.2 Å². The van der Waals surface area contributed by atoms with Crippen molar-refractivity contribution < 1.29 is 19.0 Å². The Hall–Kier alpha value is -2.15. The number of benzene rings is 2. The van der Waals surface area contributed by atoms with E-state index in [1.165, 1.54) is 14.2 Å². The van der Waals surface area contributed by atoms with Gasteiger partial charge in [-0.1, -0.05) is 29.3 Å². The maximum absolute atomic E-state index is 13.1. The number of piperazine rings is 1. The summed E-state index contributed by atoms with van der Waals surface area (Å²) in [6, 6.07) is 8.96. The van der Waals surface area contributed by atoms with Gasteiger partial charge in [-0.25, -0.2) is 0 Å². The van der Waals surface area contributed by atoms with Crippen molar-refractivity contribution in [3.8, 4) is 17.2 Å². The van der Waals surface area contributed by atoms with Crippen molar-refractivity contribution in [2.24, 2.45) is 0 Å². The average molecular weight is 439 g/mol. The summed E-state index contributed by atoms with van der Waals surface area (Å²) in [5.41, 5.74) is 1.48. The molecule has 0 radical (unpaired) electrons. The summed E-state index contributed by atoms with van der Waals surface area (Å²) < 4.78 is 16.1. The summed E-state index contributed by atoms with van der Waals surface area (Å²) in [5, 5.41) is 1.28. The van der Waals surface area contributed by atoms with Crippen molar-refractivity contribution in [1.82, 2.24) is 9.80 Å². The van der Waals surface area contributed by atoms with Gasteiger partial charge in [-0.3, -0.25) is 9.69 Å². The minimum Gasteiger partial charge on any atom is -0.493 e. The molecule has 1 aliphatic heterocycles. The molecular formula is C21H24Cl2N2O4. The molecule has 6 nitrogen and oxygen atoms in total. The Kier molecular flexibility index (Phi) is 7.11. The molecule has 8 heteroatoms. The lowest BCUT2D eigenvalue weighted by Crippen LogP contribution is -2.48. The highest BCUT2D eigenvalue weighted by Gasteiger charge is 2.27. The standard InChI is InChI=1S/C21H24Cl2N2O4/c1-27-18-7-6-16(19(28-2)20(18)29-3)21(26)25-10-8-24(9-11-25)13-14-4-5-15(22)12-17(14)23/h4-7,12H,8-11,13H2,1-3H3. The second kappa shape index (κ2) is 9.57. The van der Waals surface area contributed by atoms with E-state index in [2.05, 4.69) is 4.90 Å². The highest BCUT2D eigenvalue weighted by molar-refractivity contribution is 6.35. The van der Waals surface area contributed by atoms with Crippen molar-refractivity contribution in [3.05, 3.63) is 51.5 Å². The van der Waals surface area contributed by atoms with Crippen LogP contribution in [0.2, 0.25) is 10.0 Å². The number of hydrogen-bond acceptors (Lipinski definition) is 5. The number of amides is 1. The molecular weight excluding hydrogens is 415 g/mol. The summed E-state index contributed by atoms with van der Waals surface area (Å²) in [5.74, 6) is 1.22. The van der Waals surface area contributed by atoms with Gasteiger partial charge < -0.3 is 19.1 Å². The Labute approximate surface area is 180 Å². The van der Waals surface area contributed by atoms with Crippen LogP contribution < -0.4 is 14.2 Å². The molecule has 1 heterocycles. The normalized spacial score (nSPS) is 14.6. The molecule has 0 aliphatic carbocycles. The Morgan fingerprint density at radius 1 is 0.931 bits per heavy atom. The fraction of sp³-hybridized carbons (Fsp3) is 0.381. The molecule has 29 heavy (non-hydrogen) atoms. The molecule has 0 saturated carbocycles. The van der Waals surface area contributed by atoms with Crippen LogP contribution in [0.15, 0.2) is 30.3 Å². The fourth-order valence-electron chi connectivity index (χ4n) is 3.44. The molecule has 0 unspecified atom stereocenters.